The number of aryl methyl sites for hydroxylation is 1. The lowest BCUT2D eigenvalue weighted by molar-refractivity contribution is -0.124. The molecule has 1 rings (SSSR count). The highest BCUT2D eigenvalue weighted by Crippen LogP contribution is 2.19. The summed E-state index contributed by atoms with van der Waals surface area (Å²) >= 11 is 0. The SMILES string of the molecule is C/C(=C\CCc1ccc(O)cc1)C(C)C(=O)NC(CC(C)C)CC(C)(C)NO. The number of benzene rings is 1. The van der Waals surface area contributed by atoms with Gasteiger partial charge in [-0.15, -0.1) is 0 Å². The molecule has 0 aromatic heterocycles. The summed E-state index contributed by atoms with van der Waals surface area (Å²) < 4.78 is 0. The minimum absolute atomic E-state index is 0.00870. The minimum Gasteiger partial charge on any atom is -0.508 e. The number of hydrogen-bond acceptors (Lipinski definition) is 4. The number of hydroxylamine groups is 1. The number of aromatic hydroxyl groups is 1. The monoisotopic (exact) mass is 390 g/mol. The number of phenolic OH excluding ortho intramolecular Hbond substituents is 1. The summed E-state index contributed by atoms with van der Waals surface area (Å²) in [6.45, 7) is 12.0. The van der Waals surface area contributed by atoms with Crippen molar-refractivity contribution in [1.29, 1.82) is 0 Å². The first-order valence-electron chi connectivity index (χ1n) is 10.2. The van der Waals surface area contributed by atoms with Crippen LogP contribution in [0.4, 0.5) is 0 Å². The maximum Gasteiger partial charge on any atom is 0.227 e. The smallest absolute Gasteiger partial charge is 0.227 e. The number of carbonyl (C=O) groups excluding carboxylic acids is 1. The average molecular weight is 391 g/mol. The van der Waals surface area contributed by atoms with Crippen LogP contribution in [0.1, 0.15) is 66.4 Å². The van der Waals surface area contributed by atoms with E-state index >= 15 is 0 Å². The van der Waals surface area contributed by atoms with Gasteiger partial charge in [-0.3, -0.25) is 4.79 Å². The molecule has 2 atom stereocenters. The molecule has 0 saturated carbocycles. The van der Waals surface area contributed by atoms with Gasteiger partial charge in [-0.05, 0) is 77.0 Å². The molecule has 0 bridgehead atoms. The van der Waals surface area contributed by atoms with Gasteiger partial charge >= 0.3 is 0 Å². The summed E-state index contributed by atoms with van der Waals surface area (Å²) in [4.78, 5) is 12.8. The Bertz CT molecular complexity index is 636. The fourth-order valence-electron chi connectivity index (χ4n) is 3.26. The second-order valence-corrected chi connectivity index (χ2v) is 8.91. The number of phenols is 1. The molecule has 0 aliphatic heterocycles. The quantitative estimate of drug-likeness (QED) is 0.329. The van der Waals surface area contributed by atoms with E-state index < -0.39 is 5.54 Å². The first-order valence-corrected chi connectivity index (χ1v) is 10.2. The van der Waals surface area contributed by atoms with Crippen LogP contribution in [0.25, 0.3) is 0 Å². The molecule has 28 heavy (non-hydrogen) atoms. The van der Waals surface area contributed by atoms with Crippen LogP contribution >= 0.6 is 0 Å². The van der Waals surface area contributed by atoms with E-state index in [0.717, 1.165) is 30.4 Å². The predicted octanol–water partition coefficient (Wildman–Crippen LogP) is 4.59. The van der Waals surface area contributed by atoms with Crippen LogP contribution < -0.4 is 10.8 Å². The van der Waals surface area contributed by atoms with E-state index in [9.17, 15) is 15.1 Å². The molecule has 1 amide bonds. The molecular weight excluding hydrogens is 352 g/mol. The molecule has 0 heterocycles. The second kappa shape index (κ2) is 11.2. The van der Waals surface area contributed by atoms with E-state index in [0.29, 0.717) is 12.3 Å². The average Bonchev–Trinajstić information content (AvgIpc) is 2.61. The number of rotatable bonds is 11. The lowest BCUT2D eigenvalue weighted by atomic mass is 9.90. The molecule has 5 nitrogen and oxygen atoms in total. The van der Waals surface area contributed by atoms with Gasteiger partial charge in [0.1, 0.15) is 5.75 Å². The van der Waals surface area contributed by atoms with Gasteiger partial charge in [0.15, 0.2) is 0 Å². The van der Waals surface area contributed by atoms with E-state index in [1.165, 1.54) is 0 Å². The molecule has 0 aliphatic rings. The number of carbonyl (C=O) groups is 1. The molecular formula is C23H38N2O3. The van der Waals surface area contributed by atoms with Crippen LogP contribution in [0.5, 0.6) is 5.75 Å². The topological polar surface area (TPSA) is 81.6 Å². The van der Waals surface area contributed by atoms with Crippen molar-refractivity contribution >= 4 is 5.91 Å². The third-order valence-electron chi connectivity index (χ3n) is 5.07. The Labute approximate surface area is 170 Å². The van der Waals surface area contributed by atoms with Crippen LogP contribution in [0, 0.1) is 11.8 Å². The summed E-state index contributed by atoms with van der Waals surface area (Å²) in [6.07, 6.45) is 5.37. The molecule has 1 aromatic rings. The minimum atomic E-state index is -0.453. The highest BCUT2D eigenvalue weighted by atomic mass is 16.5. The molecule has 0 fully saturated rings. The summed E-state index contributed by atoms with van der Waals surface area (Å²) in [5.41, 5.74) is 4.10. The lowest BCUT2D eigenvalue weighted by Crippen LogP contribution is -2.47. The Morgan fingerprint density at radius 1 is 1.18 bits per heavy atom. The van der Waals surface area contributed by atoms with E-state index in [2.05, 4.69) is 30.7 Å². The fraction of sp³-hybridized carbons (Fsp3) is 0.609. The highest BCUT2D eigenvalue weighted by molar-refractivity contribution is 5.81. The summed E-state index contributed by atoms with van der Waals surface area (Å²) in [6, 6.07) is 7.23. The van der Waals surface area contributed by atoms with Gasteiger partial charge in [0.05, 0.1) is 5.92 Å². The molecule has 5 heteroatoms. The Morgan fingerprint density at radius 2 is 1.79 bits per heavy atom. The van der Waals surface area contributed by atoms with E-state index in [1.54, 1.807) is 12.1 Å². The van der Waals surface area contributed by atoms with Gasteiger partial charge in [-0.1, -0.05) is 37.6 Å². The molecule has 0 saturated heterocycles. The van der Waals surface area contributed by atoms with Crippen molar-refractivity contribution in [3.05, 3.63) is 41.5 Å². The molecule has 0 aliphatic carbocycles. The summed E-state index contributed by atoms with van der Waals surface area (Å²) in [5, 5.41) is 21.8. The van der Waals surface area contributed by atoms with E-state index in [4.69, 9.17) is 0 Å². The molecule has 158 valence electrons. The Balaban J connectivity index is 2.64. The standard InChI is InChI=1S/C23H38N2O3/c1-16(2)14-20(15-23(5,6)25-28)24-22(27)18(4)17(3)8-7-9-19-10-12-21(26)13-11-19/h8,10-13,16,18,20,25-26,28H,7,9,14-15H2,1-6H3,(H,24,27)/b17-8+. The van der Waals surface area contributed by atoms with Gasteiger partial charge < -0.3 is 15.6 Å². The van der Waals surface area contributed by atoms with Crippen LogP contribution in [0.3, 0.4) is 0 Å². The van der Waals surface area contributed by atoms with Crippen molar-refractivity contribution in [2.75, 3.05) is 0 Å². The van der Waals surface area contributed by atoms with Crippen molar-refractivity contribution in [2.24, 2.45) is 11.8 Å². The van der Waals surface area contributed by atoms with Crippen LogP contribution in [-0.2, 0) is 11.2 Å². The van der Waals surface area contributed by atoms with Crippen molar-refractivity contribution in [3.63, 3.8) is 0 Å². The van der Waals surface area contributed by atoms with Gasteiger partial charge in [-0.25, -0.2) is 0 Å². The van der Waals surface area contributed by atoms with Crippen LogP contribution in [0.2, 0.25) is 0 Å². The Kier molecular flexibility index (Phi) is 9.70. The van der Waals surface area contributed by atoms with Crippen molar-refractivity contribution in [2.45, 2.75) is 78.8 Å². The Hall–Kier alpha value is -1.85. The number of hydrogen-bond donors (Lipinski definition) is 4. The van der Waals surface area contributed by atoms with Gasteiger partial charge in [0.2, 0.25) is 5.91 Å². The zero-order valence-corrected chi connectivity index (χ0v) is 18.2. The number of allylic oxidation sites excluding steroid dienone is 1. The van der Waals surface area contributed by atoms with E-state index in [-0.39, 0.29) is 23.6 Å². The summed E-state index contributed by atoms with van der Waals surface area (Å²) in [5.74, 6) is 0.561. The van der Waals surface area contributed by atoms with Gasteiger partial charge in [-0.2, -0.15) is 5.48 Å². The number of amides is 1. The predicted molar refractivity (Wildman–Crippen MR) is 114 cm³/mol. The normalized spacial score (nSPS) is 14.8. The number of nitrogens with one attached hydrogen (secondary N) is 2. The van der Waals surface area contributed by atoms with Crippen molar-refractivity contribution < 1.29 is 15.1 Å². The fourth-order valence-corrected chi connectivity index (χ4v) is 3.26. The maximum atomic E-state index is 12.8. The Morgan fingerprint density at radius 3 is 2.32 bits per heavy atom. The molecule has 2 unspecified atom stereocenters. The van der Waals surface area contributed by atoms with Crippen LogP contribution in [-0.4, -0.2) is 27.8 Å². The zero-order chi connectivity index (χ0) is 21.3. The lowest BCUT2D eigenvalue weighted by Gasteiger charge is -2.30. The largest absolute Gasteiger partial charge is 0.508 e. The third-order valence-corrected chi connectivity index (χ3v) is 5.07. The van der Waals surface area contributed by atoms with Gasteiger partial charge in [0.25, 0.3) is 0 Å². The summed E-state index contributed by atoms with van der Waals surface area (Å²) in [7, 11) is 0. The first-order chi connectivity index (χ1) is 13.0. The first kappa shape index (κ1) is 24.2. The second-order valence-electron chi connectivity index (χ2n) is 8.91. The molecule has 0 radical (unpaired) electrons. The highest BCUT2D eigenvalue weighted by Gasteiger charge is 2.26. The van der Waals surface area contributed by atoms with Gasteiger partial charge in [0, 0.05) is 11.6 Å². The third kappa shape index (κ3) is 8.89. The zero-order valence-electron chi connectivity index (χ0n) is 18.2. The molecule has 1 aromatic carbocycles. The molecule has 0 spiro atoms. The molecule has 4 N–H and O–H groups in total. The maximum absolute atomic E-state index is 12.8. The van der Waals surface area contributed by atoms with Crippen molar-refractivity contribution in [1.82, 2.24) is 10.8 Å². The van der Waals surface area contributed by atoms with Crippen molar-refractivity contribution in [3.8, 4) is 5.75 Å². The van der Waals surface area contributed by atoms with Crippen LogP contribution in [0.15, 0.2) is 35.9 Å². The van der Waals surface area contributed by atoms with E-state index in [1.807, 2.05) is 39.8 Å².